The van der Waals surface area contributed by atoms with Crippen molar-refractivity contribution in [3.8, 4) is 10.6 Å². The van der Waals surface area contributed by atoms with Gasteiger partial charge in [-0.1, -0.05) is 29.8 Å². The zero-order valence-corrected chi connectivity index (χ0v) is 14.7. The summed E-state index contributed by atoms with van der Waals surface area (Å²) in [6.45, 7) is 2.64. The van der Waals surface area contributed by atoms with E-state index in [0.717, 1.165) is 5.56 Å². The van der Waals surface area contributed by atoms with Gasteiger partial charge >= 0.3 is 5.97 Å². The minimum atomic E-state index is -0.842. The molecule has 2 aromatic rings. The number of hydrogen-bond acceptors (Lipinski definition) is 4. The topological polar surface area (TPSA) is 70.5 Å². The molecule has 1 aromatic carbocycles. The second kappa shape index (κ2) is 6.91. The van der Waals surface area contributed by atoms with Crippen molar-refractivity contribution in [3.05, 3.63) is 39.9 Å². The maximum Gasteiger partial charge on any atom is 0.308 e. The van der Waals surface area contributed by atoms with E-state index in [1.54, 1.807) is 17.9 Å². The van der Waals surface area contributed by atoms with E-state index in [-0.39, 0.29) is 12.5 Å². The van der Waals surface area contributed by atoms with Gasteiger partial charge in [0.15, 0.2) is 0 Å². The lowest BCUT2D eigenvalue weighted by atomic mass is 9.98. The van der Waals surface area contributed by atoms with Crippen LogP contribution in [-0.4, -0.2) is 40.0 Å². The molecule has 1 aromatic heterocycles. The number of aliphatic carboxylic acids is 1. The first-order chi connectivity index (χ1) is 11.5. The Labute approximate surface area is 148 Å². The van der Waals surface area contributed by atoms with Crippen molar-refractivity contribution < 1.29 is 14.7 Å². The summed E-state index contributed by atoms with van der Waals surface area (Å²) in [5.74, 6) is -1.47. The van der Waals surface area contributed by atoms with Crippen LogP contribution in [0.1, 0.15) is 28.2 Å². The van der Waals surface area contributed by atoms with E-state index in [9.17, 15) is 14.7 Å². The summed E-state index contributed by atoms with van der Waals surface area (Å²) in [5, 5.41) is 10.5. The SMILES string of the molecule is Cc1nc(-c2ccccc2Cl)sc1C(=O)N1CCCC(C(=O)O)C1. The van der Waals surface area contributed by atoms with Gasteiger partial charge in [0.2, 0.25) is 0 Å². The monoisotopic (exact) mass is 364 g/mol. The number of hydrogen-bond donors (Lipinski definition) is 1. The molecule has 24 heavy (non-hydrogen) atoms. The number of carboxylic acid groups (broad SMARTS) is 1. The average molecular weight is 365 g/mol. The van der Waals surface area contributed by atoms with Gasteiger partial charge in [-0.15, -0.1) is 11.3 Å². The molecule has 1 aliphatic heterocycles. The van der Waals surface area contributed by atoms with Crippen LogP contribution in [0, 0.1) is 12.8 Å². The fourth-order valence-electron chi connectivity index (χ4n) is 2.85. The summed E-state index contributed by atoms with van der Waals surface area (Å²) >= 11 is 7.51. The normalized spacial score (nSPS) is 17.8. The van der Waals surface area contributed by atoms with Crippen LogP contribution < -0.4 is 0 Å². The van der Waals surface area contributed by atoms with Gasteiger partial charge in [-0.25, -0.2) is 4.98 Å². The van der Waals surface area contributed by atoms with Crippen molar-refractivity contribution >= 4 is 34.8 Å². The first kappa shape index (κ1) is 16.9. The zero-order valence-electron chi connectivity index (χ0n) is 13.2. The molecule has 0 saturated carbocycles. The van der Waals surface area contributed by atoms with E-state index < -0.39 is 11.9 Å². The molecule has 0 spiro atoms. The molecule has 126 valence electrons. The third-order valence-corrected chi connectivity index (χ3v) is 5.66. The maximum atomic E-state index is 12.8. The van der Waals surface area contributed by atoms with Gasteiger partial charge in [-0.05, 0) is 25.8 Å². The molecular weight excluding hydrogens is 348 g/mol. The number of amides is 1. The predicted octanol–water partition coefficient (Wildman–Crippen LogP) is 3.71. The molecule has 0 aliphatic carbocycles. The summed E-state index contributed by atoms with van der Waals surface area (Å²) in [6.07, 6.45) is 1.32. The fraction of sp³-hybridized carbons (Fsp3) is 0.353. The number of piperidine rings is 1. The minimum absolute atomic E-state index is 0.144. The van der Waals surface area contributed by atoms with Crippen LogP contribution in [0.25, 0.3) is 10.6 Å². The number of benzene rings is 1. The number of aromatic nitrogens is 1. The van der Waals surface area contributed by atoms with E-state index in [0.29, 0.717) is 40.0 Å². The van der Waals surface area contributed by atoms with Crippen LogP contribution in [0.5, 0.6) is 0 Å². The molecule has 1 atom stereocenters. The minimum Gasteiger partial charge on any atom is -0.481 e. The highest BCUT2D eigenvalue weighted by Crippen LogP contribution is 2.33. The molecule has 1 unspecified atom stereocenters. The molecule has 1 amide bonds. The molecule has 2 heterocycles. The number of carbonyl (C=O) groups is 2. The molecule has 1 aliphatic rings. The Morgan fingerprint density at radius 1 is 1.38 bits per heavy atom. The van der Waals surface area contributed by atoms with Gasteiger partial charge in [0.05, 0.1) is 16.6 Å². The average Bonchev–Trinajstić information content (AvgIpc) is 2.96. The van der Waals surface area contributed by atoms with Gasteiger partial charge < -0.3 is 10.0 Å². The van der Waals surface area contributed by atoms with Crippen molar-refractivity contribution in [2.45, 2.75) is 19.8 Å². The van der Waals surface area contributed by atoms with Crippen molar-refractivity contribution in [2.24, 2.45) is 5.92 Å². The Kier molecular flexibility index (Phi) is 4.87. The summed E-state index contributed by atoms with van der Waals surface area (Å²) < 4.78 is 0. The van der Waals surface area contributed by atoms with E-state index in [1.807, 2.05) is 18.2 Å². The molecule has 1 fully saturated rings. The largest absolute Gasteiger partial charge is 0.481 e. The summed E-state index contributed by atoms with van der Waals surface area (Å²) in [7, 11) is 0. The van der Waals surface area contributed by atoms with Crippen molar-refractivity contribution in [1.29, 1.82) is 0 Å². The molecule has 5 nitrogen and oxygen atoms in total. The molecule has 1 N–H and O–H groups in total. The third-order valence-electron chi connectivity index (χ3n) is 4.15. The highest BCUT2D eigenvalue weighted by molar-refractivity contribution is 7.17. The lowest BCUT2D eigenvalue weighted by molar-refractivity contribution is -0.143. The molecule has 7 heteroatoms. The van der Waals surface area contributed by atoms with Gasteiger partial charge in [-0.3, -0.25) is 9.59 Å². The number of carbonyl (C=O) groups excluding carboxylic acids is 1. The van der Waals surface area contributed by atoms with Crippen LogP contribution in [0.15, 0.2) is 24.3 Å². The summed E-state index contributed by atoms with van der Waals surface area (Å²) in [6, 6.07) is 7.38. The predicted molar refractivity (Wildman–Crippen MR) is 93.6 cm³/mol. The number of thiazole rings is 1. The number of aryl methyl sites for hydroxylation is 1. The highest BCUT2D eigenvalue weighted by Gasteiger charge is 2.30. The number of halogens is 1. The van der Waals surface area contributed by atoms with Crippen molar-refractivity contribution in [1.82, 2.24) is 9.88 Å². The molecule has 0 radical (unpaired) electrons. The Hall–Kier alpha value is -1.92. The van der Waals surface area contributed by atoms with Crippen LogP contribution in [0.4, 0.5) is 0 Å². The lowest BCUT2D eigenvalue weighted by Crippen LogP contribution is -2.42. The van der Waals surface area contributed by atoms with Crippen LogP contribution >= 0.6 is 22.9 Å². The Morgan fingerprint density at radius 3 is 2.83 bits per heavy atom. The van der Waals surface area contributed by atoms with Gasteiger partial charge in [0, 0.05) is 18.7 Å². The first-order valence-electron chi connectivity index (χ1n) is 7.71. The number of likely N-dealkylation sites (tertiary alicyclic amines) is 1. The standard InChI is InChI=1S/C17H17ClN2O3S/c1-10-14(16(21)20-8-4-5-11(9-20)17(22)23)24-15(19-10)12-6-2-3-7-13(12)18/h2-3,6-7,11H,4-5,8-9H2,1H3,(H,22,23). The second-order valence-electron chi connectivity index (χ2n) is 5.84. The van der Waals surface area contributed by atoms with Crippen molar-refractivity contribution in [3.63, 3.8) is 0 Å². The summed E-state index contributed by atoms with van der Waals surface area (Å²) in [5.41, 5.74) is 1.45. The number of nitrogens with zero attached hydrogens (tertiary/aromatic N) is 2. The molecular formula is C17H17ClN2O3S. The maximum absolute atomic E-state index is 12.8. The van der Waals surface area contributed by atoms with Crippen molar-refractivity contribution in [2.75, 3.05) is 13.1 Å². The van der Waals surface area contributed by atoms with E-state index >= 15 is 0 Å². The Balaban J connectivity index is 1.86. The van der Waals surface area contributed by atoms with Gasteiger partial charge in [0.1, 0.15) is 9.88 Å². The Morgan fingerprint density at radius 2 is 2.12 bits per heavy atom. The second-order valence-corrected chi connectivity index (χ2v) is 7.25. The van der Waals surface area contributed by atoms with E-state index in [4.69, 9.17) is 11.6 Å². The van der Waals surface area contributed by atoms with Crippen LogP contribution in [0.3, 0.4) is 0 Å². The van der Waals surface area contributed by atoms with Gasteiger partial charge in [-0.2, -0.15) is 0 Å². The molecule has 3 rings (SSSR count). The van der Waals surface area contributed by atoms with Crippen LogP contribution in [-0.2, 0) is 4.79 Å². The quantitative estimate of drug-likeness (QED) is 0.901. The Bertz CT molecular complexity index is 790. The highest BCUT2D eigenvalue weighted by atomic mass is 35.5. The fourth-order valence-corrected chi connectivity index (χ4v) is 4.21. The van der Waals surface area contributed by atoms with Crippen LogP contribution in [0.2, 0.25) is 5.02 Å². The molecule has 1 saturated heterocycles. The summed E-state index contributed by atoms with van der Waals surface area (Å²) in [4.78, 5) is 30.6. The number of rotatable bonds is 3. The van der Waals surface area contributed by atoms with Gasteiger partial charge in [0.25, 0.3) is 5.91 Å². The smallest absolute Gasteiger partial charge is 0.308 e. The lowest BCUT2D eigenvalue weighted by Gasteiger charge is -2.30. The zero-order chi connectivity index (χ0) is 17.3. The first-order valence-corrected chi connectivity index (χ1v) is 8.91. The third kappa shape index (κ3) is 3.30. The van der Waals surface area contributed by atoms with E-state index in [2.05, 4.69) is 4.98 Å². The molecule has 0 bridgehead atoms. The number of carboxylic acids is 1. The van der Waals surface area contributed by atoms with E-state index in [1.165, 1.54) is 11.3 Å².